The highest BCUT2D eigenvalue weighted by Gasteiger charge is 2.29. The first kappa shape index (κ1) is 20.6. The van der Waals surface area contributed by atoms with E-state index in [1.165, 1.54) is 16.7 Å². The fourth-order valence-electron chi connectivity index (χ4n) is 3.82. The molecule has 1 aromatic rings. The Labute approximate surface area is 167 Å². The summed E-state index contributed by atoms with van der Waals surface area (Å²) in [6.07, 6.45) is 2.61. The maximum Gasteiger partial charge on any atom is 0.410 e. The molecule has 2 heterocycles. The van der Waals surface area contributed by atoms with Gasteiger partial charge in [-0.1, -0.05) is 6.07 Å². The molecule has 0 aliphatic carbocycles. The molecule has 3 rings (SSSR count). The van der Waals surface area contributed by atoms with E-state index in [1.54, 1.807) is 12.0 Å². The van der Waals surface area contributed by atoms with Crippen molar-refractivity contribution < 1.29 is 19.1 Å². The number of carbonyl (C=O) groups excluding carboxylic acids is 2. The van der Waals surface area contributed by atoms with Crippen LogP contribution in [0.1, 0.15) is 50.8 Å². The lowest BCUT2D eigenvalue weighted by molar-refractivity contribution is -0.119. The van der Waals surface area contributed by atoms with Crippen LogP contribution in [-0.2, 0) is 33.5 Å². The van der Waals surface area contributed by atoms with Crippen molar-refractivity contribution in [3.63, 3.8) is 0 Å². The van der Waals surface area contributed by atoms with Crippen molar-refractivity contribution >= 4 is 17.7 Å². The Bertz CT molecular complexity index is 754. The molecule has 0 saturated carbocycles. The predicted molar refractivity (Wildman–Crippen MR) is 109 cm³/mol. The molecule has 0 radical (unpaired) electrons. The summed E-state index contributed by atoms with van der Waals surface area (Å²) in [6, 6.07) is 4.39. The third kappa shape index (κ3) is 4.66. The smallest absolute Gasteiger partial charge is 0.410 e. The Kier molecular flexibility index (Phi) is 5.98. The first-order valence-corrected chi connectivity index (χ1v) is 10.1. The molecule has 2 amide bonds. The molecular formula is C22H32N2O4. The van der Waals surface area contributed by atoms with Crippen molar-refractivity contribution in [1.29, 1.82) is 0 Å². The van der Waals surface area contributed by atoms with Crippen molar-refractivity contribution in [1.82, 2.24) is 4.90 Å². The maximum absolute atomic E-state index is 12.5. The van der Waals surface area contributed by atoms with Crippen LogP contribution in [0.3, 0.4) is 0 Å². The fraction of sp³-hybridized carbons (Fsp3) is 0.636. The van der Waals surface area contributed by atoms with Crippen LogP contribution in [0.5, 0.6) is 0 Å². The third-order valence-electron chi connectivity index (χ3n) is 5.40. The molecule has 154 valence electrons. The second-order valence-corrected chi connectivity index (χ2v) is 8.77. The highest BCUT2D eigenvalue weighted by Crippen LogP contribution is 2.33. The molecule has 0 bridgehead atoms. The van der Waals surface area contributed by atoms with E-state index in [-0.39, 0.29) is 18.1 Å². The molecule has 28 heavy (non-hydrogen) atoms. The highest BCUT2D eigenvalue weighted by molar-refractivity contribution is 5.96. The number of rotatable bonds is 3. The van der Waals surface area contributed by atoms with E-state index in [4.69, 9.17) is 9.47 Å². The van der Waals surface area contributed by atoms with Crippen molar-refractivity contribution in [2.45, 2.75) is 65.1 Å². The molecule has 6 heteroatoms. The number of ether oxygens (including phenoxy) is 2. The van der Waals surface area contributed by atoms with Gasteiger partial charge in [-0.3, -0.25) is 4.79 Å². The number of hydrogen-bond acceptors (Lipinski definition) is 4. The molecule has 0 N–H and O–H groups in total. The molecule has 0 unspecified atom stereocenters. The molecule has 1 aromatic carbocycles. The van der Waals surface area contributed by atoms with Crippen LogP contribution < -0.4 is 4.90 Å². The number of methoxy groups -OCH3 is 1. The minimum atomic E-state index is -0.492. The van der Waals surface area contributed by atoms with Gasteiger partial charge in [0.05, 0.1) is 12.6 Å². The monoisotopic (exact) mass is 388 g/mol. The van der Waals surface area contributed by atoms with Gasteiger partial charge in [-0.05, 0) is 69.7 Å². The largest absolute Gasteiger partial charge is 0.444 e. The lowest BCUT2D eigenvalue weighted by atomic mass is 9.93. The second-order valence-electron chi connectivity index (χ2n) is 8.77. The van der Waals surface area contributed by atoms with E-state index in [9.17, 15) is 9.59 Å². The molecule has 2 aliphatic rings. The Balaban J connectivity index is 1.81. The average molecular weight is 389 g/mol. The van der Waals surface area contributed by atoms with Crippen LogP contribution in [-0.4, -0.2) is 55.3 Å². The molecule has 1 atom stereocenters. The van der Waals surface area contributed by atoms with Gasteiger partial charge in [-0.2, -0.15) is 0 Å². The zero-order valence-electron chi connectivity index (χ0n) is 17.7. The van der Waals surface area contributed by atoms with E-state index in [2.05, 4.69) is 12.1 Å². The van der Waals surface area contributed by atoms with Crippen molar-refractivity contribution in [3.8, 4) is 0 Å². The number of aryl methyl sites for hydroxylation is 1. The number of anilines is 1. The summed E-state index contributed by atoms with van der Waals surface area (Å²) < 4.78 is 10.9. The Morgan fingerprint density at radius 1 is 1.07 bits per heavy atom. The van der Waals surface area contributed by atoms with Gasteiger partial charge in [0.2, 0.25) is 5.91 Å². The van der Waals surface area contributed by atoms with E-state index in [0.717, 1.165) is 24.9 Å². The van der Waals surface area contributed by atoms with Crippen LogP contribution in [0.15, 0.2) is 12.1 Å². The van der Waals surface area contributed by atoms with Gasteiger partial charge < -0.3 is 19.3 Å². The van der Waals surface area contributed by atoms with Gasteiger partial charge in [-0.15, -0.1) is 0 Å². The van der Waals surface area contributed by atoms with E-state index >= 15 is 0 Å². The van der Waals surface area contributed by atoms with Gasteiger partial charge in [0.1, 0.15) is 5.60 Å². The lowest BCUT2D eigenvalue weighted by Gasteiger charge is -2.32. The summed E-state index contributed by atoms with van der Waals surface area (Å²) in [5, 5.41) is 0. The Morgan fingerprint density at radius 3 is 2.32 bits per heavy atom. The number of nitrogens with zero attached hydrogens (tertiary/aromatic N) is 2. The van der Waals surface area contributed by atoms with E-state index in [0.29, 0.717) is 26.1 Å². The zero-order chi connectivity index (χ0) is 20.5. The summed E-state index contributed by atoms with van der Waals surface area (Å²) in [6.45, 7) is 9.48. The molecule has 0 saturated heterocycles. The van der Waals surface area contributed by atoms with Crippen LogP contribution >= 0.6 is 0 Å². The van der Waals surface area contributed by atoms with Crippen molar-refractivity contribution in [2.24, 2.45) is 0 Å². The molecule has 0 aromatic heterocycles. The molecule has 6 nitrogen and oxygen atoms in total. The normalized spacial score (nSPS) is 18.2. The molecule has 2 aliphatic heterocycles. The van der Waals surface area contributed by atoms with Crippen LogP contribution in [0, 0.1) is 0 Å². The summed E-state index contributed by atoms with van der Waals surface area (Å²) in [5.41, 5.74) is 4.22. The molecule has 0 spiro atoms. The number of carbonyl (C=O) groups is 2. The number of amides is 2. The number of hydrogen-bond donors (Lipinski definition) is 0. The van der Waals surface area contributed by atoms with Crippen LogP contribution in [0.4, 0.5) is 10.5 Å². The van der Waals surface area contributed by atoms with Crippen molar-refractivity contribution in [3.05, 3.63) is 28.8 Å². The van der Waals surface area contributed by atoms with Gasteiger partial charge >= 0.3 is 6.09 Å². The standard InChI is InChI=1S/C22H32N2O4/c1-15(27-5)14-24-19-13-17-9-11-23(21(26)28-22(2,3)4)10-8-16(17)12-18(19)6-7-20(24)25/h12-13,15H,6-11,14H2,1-5H3/t15-/m0/s1. The Morgan fingerprint density at radius 2 is 1.71 bits per heavy atom. The summed E-state index contributed by atoms with van der Waals surface area (Å²) >= 11 is 0. The van der Waals surface area contributed by atoms with Gasteiger partial charge in [0, 0.05) is 32.3 Å². The maximum atomic E-state index is 12.5. The van der Waals surface area contributed by atoms with Gasteiger partial charge in [0.15, 0.2) is 0 Å². The summed E-state index contributed by atoms with van der Waals surface area (Å²) in [4.78, 5) is 28.6. The van der Waals surface area contributed by atoms with E-state index in [1.807, 2.05) is 32.6 Å². The number of fused-ring (bicyclic) bond motifs is 2. The average Bonchev–Trinajstić information content (AvgIpc) is 2.83. The fourth-order valence-corrected chi connectivity index (χ4v) is 3.82. The predicted octanol–water partition coefficient (Wildman–Crippen LogP) is 3.34. The second kappa shape index (κ2) is 8.11. The Hall–Kier alpha value is -2.08. The quantitative estimate of drug-likeness (QED) is 0.797. The summed E-state index contributed by atoms with van der Waals surface area (Å²) in [5.74, 6) is 0.153. The van der Waals surface area contributed by atoms with E-state index < -0.39 is 5.60 Å². The zero-order valence-corrected chi connectivity index (χ0v) is 17.7. The molecular weight excluding hydrogens is 356 g/mol. The number of benzene rings is 1. The topological polar surface area (TPSA) is 59.1 Å². The first-order chi connectivity index (χ1) is 13.2. The third-order valence-corrected chi connectivity index (χ3v) is 5.40. The van der Waals surface area contributed by atoms with Gasteiger partial charge in [-0.25, -0.2) is 4.79 Å². The minimum Gasteiger partial charge on any atom is -0.444 e. The highest BCUT2D eigenvalue weighted by atomic mass is 16.6. The van der Waals surface area contributed by atoms with Crippen molar-refractivity contribution in [2.75, 3.05) is 31.6 Å². The first-order valence-electron chi connectivity index (χ1n) is 10.1. The van der Waals surface area contributed by atoms with Crippen LogP contribution in [0.25, 0.3) is 0 Å². The minimum absolute atomic E-state index is 0.0172. The van der Waals surface area contributed by atoms with Gasteiger partial charge in [0.25, 0.3) is 0 Å². The lowest BCUT2D eigenvalue weighted by Crippen LogP contribution is -2.40. The molecule has 0 fully saturated rings. The summed E-state index contributed by atoms with van der Waals surface area (Å²) in [7, 11) is 1.67. The SMILES string of the molecule is CO[C@@H](C)CN1C(=O)CCc2cc3c(cc21)CCN(C(=O)OC(C)(C)C)CC3. The van der Waals surface area contributed by atoms with Crippen LogP contribution in [0.2, 0.25) is 0 Å².